The molecule has 2 nitrogen and oxygen atoms in total. The summed E-state index contributed by atoms with van der Waals surface area (Å²) in [5.74, 6) is 3.31. The van der Waals surface area contributed by atoms with Crippen molar-refractivity contribution in [1.29, 1.82) is 0 Å². The lowest BCUT2D eigenvalue weighted by atomic mass is 10.1. The molecular weight excluding hydrogens is 368 g/mol. The second kappa shape index (κ2) is 8.14. The summed E-state index contributed by atoms with van der Waals surface area (Å²) in [4.78, 5) is 0. The molecule has 0 N–H and O–H groups in total. The van der Waals surface area contributed by atoms with Gasteiger partial charge in [-0.05, 0) is 70.8 Å². The third-order valence-corrected chi connectivity index (χ3v) is 4.93. The standard InChI is InChI=1S/C28H20O2/c1-2-22-4-3-21(1)9-13-25-17-18-27(29-25)15-11-23-5-7-24(8-6-23)12-16-28-20-19-26(30-28)14-10-22/h1-20H. The molecule has 144 valence electrons. The van der Waals surface area contributed by atoms with Gasteiger partial charge in [0.05, 0.1) is 0 Å². The van der Waals surface area contributed by atoms with E-state index in [2.05, 4.69) is 72.8 Å². The number of benzene rings is 2. The van der Waals surface area contributed by atoms with Crippen LogP contribution in [0.4, 0.5) is 0 Å². The van der Waals surface area contributed by atoms with Gasteiger partial charge in [0.1, 0.15) is 23.0 Å². The molecule has 8 bridgehead atoms. The minimum Gasteiger partial charge on any atom is -0.457 e. The van der Waals surface area contributed by atoms with Gasteiger partial charge in [-0.25, -0.2) is 0 Å². The maximum absolute atomic E-state index is 5.88. The third kappa shape index (κ3) is 4.34. The molecule has 0 fully saturated rings. The van der Waals surface area contributed by atoms with Crippen LogP contribution in [0.2, 0.25) is 0 Å². The lowest BCUT2D eigenvalue weighted by molar-refractivity contribution is 0.547. The van der Waals surface area contributed by atoms with Gasteiger partial charge in [-0.15, -0.1) is 0 Å². The molecule has 0 unspecified atom stereocenters. The van der Waals surface area contributed by atoms with Crippen molar-refractivity contribution >= 4 is 48.6 Å². The van der Waals surface area contributed by atoms with Gasteiger partial charge < -0.3 is 8.83 Å². The van der Waals surface area contributed by atoms with Gasteiger partial charge in [-0.2, -0.15) is 0 Å². The van der Waals surface area contributed by atoms with E-state index in [1.807, 2.05) is 48.6 Å². The van der Waals surface area contributed by atoms with Crippen LogP contribution in [0.5, 0.6) is 0 Å². The Kier molecular flexibility index (Phi) is 4.89. The van der Waals surface area contributed by atoms with Gasteiger partial charge in [-0.3, -0.25) is 0 Å². The van der Waals surface area contributed by atoms with Crippen molar-refractivity contribution < 1.29 is 8.83 Å². The van der Waals surface area contributed by atoms with Crippen molar-refractivity contribution in [3.05, 3.63) is 118 Å². The summed E-state index contributed by atoms with van der Waals surface area (Å²) in [7, 11) is 0. The Morgan fingerprint density at radius 1 is 0.267 bits per heavy atom. The smallest absolute Gasteiger partial charge is 0.127 e. The highest BCUT2D eigenvalue weighted by Gasteiger charge is 1.99. The highest BCUT2D eigenvalue weighted by molar-refractivity contribution is 5.74. The summed E-state index contributed by atoms with van der Waals surface area (Å²) >= 11 is 0. The summed E-state index contributed by atoms with van der Waals surface area (Å²) in [5, 5.41) is 0. The van der Waals surface area contributed by atoms with Crippen LogP contribution in [-0.2, 0) is 0 Å². The summed E-state index contributed by atoms with van der Waals surface area (Å²) < 4.78 is 11.8. The number of hydrogen-bond acceptors (Lipinski definition) is 2. The van der Waals surface area contributed by atoms with Crippen molar-refractivity contribution in [3.8, 4) is 0 Å². The van der Waals surface area contributed by atoms with Crippen molar-refractivity contribution in [2.45, 2.75) is 0 Å². The van der Waals surface area contributed by atoms with Crippen molar-refractivity contribution in [1.82, 2.24) is 0 Å². The van der Waals surface area contributed by atoms with Crippen molar-refractivity contribution in [2.75, 3.05) is 0 Å². The first-order chi connectivity index (χ1) is 14.8. The minimum absolute atomic E-state index is 0.829. The molecular formula is C28H20O2. The van der Waals surface area contributed by atoms with E-state index in [9.17, 15) is 0 Å². The minimum atomic E-state index is 0.829. The molecule has 0 aliphatic carbocycles. The average Bonchev–Trinajstić information content (AvgIpc) is 3.44. The van der Waals surface area contributed by atoms with Crippen LogP contribution in [0.3, 0.4) is 0 Å². The lowest BCUT2D eigenvalue weighted by Gasteiger charge is -1.97. The van der Waals surface area contributed by atoms with Crippen LogP contribution in [0.1, 0.15) is 45.3 Å². The number of rotatable bonds is 0. The van der Waals surface area contributed by atoms with Crippen LogP contribution < -0.4 is 0 Å². The molecule has 2 aromatic carbocycles. The van der Waals surface area contributed by atoms with E-state index in [0.29, 0.717) is 0 Å². The van der Waals surface area contributed by atoms with E-state index < -0.39 is 0 Å². The first-order valence-corrected chi connectivity index (χ1v) is 9.92. The lowest BCUT2D eigenvalue weighted by Crippen LogP contribution is -1.75. The molecule has 2 heteroatoms. The van der Waals surface area contributed by atoms with Crippen LogP contribution in [-0.4, -0.2) is 0 Å². The normalized spacial score (nSPS) is 12.8. The number of hydrogen-bond donors (Lipinski definition) is 0. The molecule has 4 aliphatic rings. The Morgan fingerprint density at radius 2 is 0.500 bits per heavy atom. The van der Waals surface area contributed by atoms with Gasteiger partial charge >= 0.3 is 0 Å². The van der Waals surface area contributed by atoms with Crippen molar-refractivity contribution in [2.24, 2.45) is 0 Å². The first kappa shape index (κ1) is 18.0. The fourth-order valence-electron chi connectivity index (χ4n) is 3.24. The van der Waals surface area contributed by atoms with Crippen LogP contribution in [0.25, 0.3) is 48.6 Å². The van der Waals surface area contributed by atoms with E-state index >= 15 is 0 Å². The highest BCUT2D eigenvalue weighted by atomic mass is 16.3. The average molecular weight is 388 g/mol. The monoisotopic (exact) mass is 388 g/mol. The SMILES string of the molecule is C1=Cc2ccc(o2)C=Cc2ccc(cc2)C=Cc2ccc(o2)C=Cc2ccc1cc2. The van der Waals surface area contributed by atoms with Gasteiger partial charge in [-0.1, -0.05) is 72.8 Å². The highest BCUT2D eigenvalue weighted by Crippen LogP contribution is 2.19. The molecule has 0 atom stereocenters. The summed E-state index contributed by atoms with van der Waals surface area (Å²) in [5.41, 5.74) is 4.48. The molecule has 4 aliphatic heterocycles. The zero-order valence-electron chi connectivity index (χ0n) is 16.4. The Bertz CT molecular complexity index is 1060. The van der Waals surface area contributed by atoms with Crippen LogP contribution >= 0.6 is 0 Å². The molecule has 8 rings (SSSR count). The fraction of sp³-hybridized carbons (Fsp3) is 0. The van der Waals surface area contributed by atoms with Gasteiger partial charge in [0.2, 0.25) is 0 Å². The predicted octanol–water partition coefficient (Wildman–Crippen LogP) is 7.87. The zero-order valence-corrected chi connectivity index (χ0v) is 16.4. The van der Waals surface area contributed by atoms with Crippen molar-refractivity contribution in [3.63, 3.8) is 0 Å². The quantitative estimate of drug-likeness (QED) is 0.270. The van der Waals surface area contributed by atoms with Crippen LogP contribution in [0.15, 0.2) is 81.6 Å². The zero-order chi connectivity index (χ0) is 20.2. The van der Waals surface area contributed by atoms with Gasteiger partial charge in [0.25, 0.3) is 0 Å². The molecule has 2 aromatic heterocycles. The molecule has 6 heterocycles. The maximum atomic E-state index is 5.88. The fourth-order valence-corrected chi connectivity index (χ4v) is 3.24. The Hall–Kier alpha value is -4.04. The molecule has 0 amide bonds. The Morgan fingerprint density at radius 3 is 0.733 bits per heavy atom. The third-order valence-electron chi connectivity index (χ3n) is 4.93. The van der Waals surface area contributed by atoms with E-state index in [-0.39, 0.29) is 0 Å². The molecule has 4 aromatic rings. The topological polar surface area (TPSA) is 26.3 Å². The van der Waals surface area contributed by atoms with Gasteiger partial charge in [0, 0.05) is 0 Å². The molecule has 0 radical (unpaired) electrons. The Labute approximate surface area is 175 Å². The summed E-state index contributed by atoms with van der Waals surface area (Å²) in [6, 6.07) is 24.6. The largest absolute Gasteiger partial charge is 0.457 e. The summed E-state index contributed by atoms with van der Waals surface area (Å²) in [6.45, 7) is 0. The van der Waals surface area contributed by atoms with Crippen LogP contribution in [0, 0.1) is 0 Å². The molecule has 30 heavy (non-hydrogen) atoms. The number of furan rings is 2. The first-order valence-electron chi connectivity index (χ1n) is 9.92. The molecule has 0 saturated heterocycles. The van der Waals surface area contributed by atoms with E-state index in [4.69, 9.17) is 8.83 Å². The summed E-state index contributed by atoms with van der Waals surface area (Å²) in [6.07, 6.45) is 16.1. The molecule has 0 saturated carbocycles. The second-order valence-electron chi connectivity index (χ2n) is 7.15. The predicted molar refractivity (Wildman–Crippen MR) is 126 cm³/mol. The second-order valence-corrected chi connectivity index (χ2v) is 7.15. The molecule has 0 spiro atoms. The Balaban J connectivity index is 1.50. The van der Waals surface area contributed by atoms with E-state index in [1.54, 1.807) is 0 Å². The van der Waals surface area contributed by atoms with E-state index in [1.165, 1.54) is 0 Å². The van der Waals surface area contributed by atoms with E-state index in [0.717, 1.165) is 45.3 Å². The maximum Gasteiger partial charge on any atom is 0.127 e. The van der Waals surface area contributed by atoms with Gasteiger partial charge in [0.15, 0.2) is 0 Å².